The van der Waals surface area contributed by atoms with Gasteiger partial charge in [-0.3, -0.25) is 4.79 Å². The van der Waals surface area contributed by atoms with Gasteiger partial charge in [0.25, 0.3) is 5.54 Å². The highest BCUT2D eigenvalue weighted by molar-refractivity contribution is 6.07. The minimum atomic E-state index is -1.83. The fourth-order valence-electron chi connectivity index (χ4n) is 3.35. The third-order valence-corrected chi connectivity index (χ3v) is 4.46. The monoisotopic (exact) mass is 363 g/mol. The number of carbonyl (C=O) groups excluding carboxylic acids is 3. The predicted molar refractivity (Wildman–Crippen MR) is 94.4 cm³/mol. The molecule has 1 amide bonds. The van der Waals surface area contributed by atoms with Crippen molar-refractivity contribution in [2.75, 3.05) is 26.3 Å². The number of quaternary nitrogens is 1. The molecular weight excluding hydrogens is 336 g/mol. The van der Waals surface area contributed by atoms with E-state index in [0.717, 1.165) is 17.9 Å². The summed E-state index contributed by atoms with van der Waals surface area (Å²) in [6.07, 6.45) is 0.841. The van der Waals surface area contributed by atoms with Crippen LogP contribution in [0.25, 0.3) is 0 Å². The molecule has 1 atom stereocenters. The van der Waals surface area contributed by atoms with Gasteiger partial charge in [-0.25, -0.2) is 9.59 Å². The molecule has 0 saturated carbocycles. The van der Waals surface area contributed by atoms with Crippen LogP contribution < -0.4 is 10.2 Å². The van der Waals surface area contributed by atoms with Crippen molar-refractivity contribution in [1.82, 2.24) is 5.32 Å². The lowest BCUT2D eigenvalue weighted by Crippen LogP contribution is -3.14. The van der Waals surface area contributed by atoms with Crippen molar-refractivity contribution >= 4 is 17.8 Å². The largest absolute Gasteiger partial charge is 0.464 e. The first-order valence-corrected chi connectivity index (χ1v) is 8.96. The molecule has 1 aliphatic heterocycles. The first-order valence-electron chi connectivity index (χ1n) is 8.96. The van der Waals surface area contributed by atoms with Crippen LogP contribution in [0.1, 0.15) is 31.9 Å². The Bertz CT molecular complexity index is 656. The predicted octanol–water partition coefficient (Wildman–Crippen LogP) is -0.371. The number of benzene rings is 1. The van der Waals surface area contributed by atoms with Crippen molar-refractivity contribution in [3.05, 3.63) is 35.4 Å². The van der Waals surface area contributed by atoms with Gasteiger partial charge in [-0.05, 0) is 19.4 Å². The van der Waals surface area contributed by atoms with Crippen LogP contribution in [-0.2, 0) is 36.8 Å². The molecule has 7 nitrogen and oxygen atoms in total. The standard InChI is InChI=1S/C19H26N2O5/c1-4-25-17(23)19(20-14(3)22,18(24)26-5-2)13-21-11-10-15-8-6-7-9-16(15)12-21/h6-9H,4-5,10-13H2,1-3H3,(H,20,22)/p+1. The minimum Gasteiger partial charge on any atom is -0.464 e. The van der Waals surface area contributed by atoms with Crippen molar-refractivity contribution in [3.63, 3.8) is 0 Å². The summed E-state index contributed by atoms with van der Waals surface area (Å²) in [6.45, 7) is 6.30. The minimum absolute atomic E-state index is 0.0819. The van der Waals surface area contributed by atoms with Crippen molar-refractivity contribution in [3.8, 4) is 0 Å². The number of nitrogens with one attached hydrogen (secondary N) is 2. The summed E-state index contributed by atoms with van der Waals surface area (Å²) in [5.41, 5.74) is 0.617. The fourth-order valence-corrected chi connectivity index (χ4v) is 3.35. The molecule has 1 aliphatic rings. The van der Waals surface area contributed by atoms with Crippen molar-refractivity contribution in [1.29, 1.82) is 0 Å². The van der Waals surface area contributed by atoms with Crippen LogP contribution in [0.15, 0.2) is 24.3 Å². The Labute approximate surface area is 153 Å². The molecule has 1 heterocycles. The van der Waals surface area contributed by atoms with E-state index in [9.17, 15) is 14.4 Å². The molecule has 142 valence electrons. The van der Waals surface area contributed by atoms with Crippen LogP contribution in [0, 0.1) is 0 Å². The number of esters is 2. The molecule has 7 heteroatoms. The summed E-state index contributed by atoms with van der Waals surface area (Å²) in [6, 6.07) is 8.11. The lowest BCUT2D eigenvalue weighted by molar-refractivity contribution is -0.917. The summed E-state index contributed by atoms with van der Waals surface area (Å²) in [7, 11) is 0. The number of carbonyl (C=O) groups is 3. The molecule has 0 radical (unpaired) electrons. The van der Waals surface area contributed by atoms with Crippen LogP contribution in [0.3, 0.4) is 0 Å². The molecule has 26 heavy (non-hydrogen) atoms. The Morgan fingerprint density at radius 1 is 1.08 bits per heavy atom. The maximum absolute atomic E-state index is 12.7. The van der Waals surface area contributed by atoms with Crippen molar-refractivity contribution in [2.24, 2.45) is 0 Å². The van der Waals surface area contributed by atoms with Gasteiger partial charge in [0, 0.05) is 18.9 Å². The van der Waals surface area contributed by atoms with E-state index in [1.165, 1.54) is 18.1 Å². The smallest absolute Gasteiger partial charge is 0.349 e. The molecule has 2 N–H and O–H groups in total. The molecule has 0 spiro atoms. The molecule has 2 rings (SSSR count). The van der Waals surface area contributed by atoms with E-state index in [0.29, 0.717) is 6.54 Å². The lowest BCUT2D eigenvalue weighted by atomic mass is 9.94. The molecule has 0 saturated heterocycles. The van der Waals surface area contributed by atoms with Crippen LogP contribution in [-0.4, -0.2) is 49.7 Å². The van der Waals surface area contributed by atoms with E-state index < -0.39 is 23.4 Å². The fraction of sp³-hybridized carbons (Fsp3) is 0.526. The topological polar surface area (TPSA) is 86.1 Å². The maximum Gasteiger partial charge on any atom is 0.349 e. The highest BCUT2D eigenvalue weighted by atomic mass is 16.6. The second-order valence-electron chi connectivity index (χ2n) is 6.40. The SMILES string of the molecule is CCOC(=O)C(C[NH+]1CCc2ccccc2C1)(NC(C)=O)C(=O)OCC. The molecule has 0 aliphatic carbocycles. The van der Waals surface area contributed by atoms with Gasteiger partial charge < -0.3 is 19.7 Å². The van der Waals surface area contributed by atoms with E-state index in [4.69, 9.17) is 9.47 Å². The molecule has 0 bridgehead atoms. The molecular formula is C19H27N2O5+. The Kier molecular flexibility index (Phi) is 6.74. The van der Waals surface area contributed by atoms with Crippen LogP contribution in [0.2, 0.25) is 0 Å². The quantitative estimate of drug-likeness (QED) is 0.510. The van der Waals surface area contributed by atoms with Gasteiger partial charge in [0.2, 0.25) is 5.91 Å². The van der Waals surface area contributed by atoms with E-state index in [1.54, 1.807) is 13.8 Å². The second kappa shape index (κ2) is 8.80. The summed E-state index contributed by atoms with van der Waals surface area (Å²) in [5, 5.41) is 2.52. The summed E-state index contributed by atoms with van der Waals surface area (Å²) >= 11 is 0. The summed E-state index contributed by atoms with van der Waals surface area (Å²) < 4.78 is 10.2. The zero-order valence-corrected chi connectivity index (χ0v) is 15.6. The Hall–Kier alpha value is -2.41. The van der Waals surface area contributed by atoms with E-state index in [1.807, 2.05) is 18.2 Å². The van der Waals surface area contributed by atoms with E-state index >= 15 is 0 Å². The Morgan fingerprint density at radius 2 is 1.65 bits per heavy atom. The molecule has 1 aromatic rings. The Balaban J connectivity index is 2.31. The van der Waals surface area contributed by atoms with Crippen LogP contribution in [0.4, 0.5) is 0 Å². The number of ether oxygens (including phenoxy) is 2. The highest BCUT2D eigenvalue weighted by Gasteiger charge is 2.53. The highest BCUT2D eigenvalue weighted by Crippen LogP contribution is 2.13. The third-order valence-electron chi connectivity index (χ3n) is 4.46. The third kappa shape index (κ3) is 4.40. The van der Waals surface area contributed by atoms with Gasteiger partial charge in [-0.2, -0.15) is 0 Å². The van der Waals surface area contributed by atoms with Crippen LogP contribution >= 0.6 is 0 Å². The molecule has 1 aromatic carbocycles. The number of hydrogen-bond donors (Lipinski definition) is 2. The maximum atomic E-state index is 12.7. The van der Waals surface area contributed by atoms with Gasteiger partial charge >= 0.3 is 11.9 Å². The zero-order chi connectivity index (χ0) is 19.2. The molecule has 0 aromatic heterocycles. The summed E-state index contributed by atoms with van der Waals surface area (Å²) in [5.74, 6) is -2.04. The van der Waals surface area contributed by atoms with Gasteiger partial charge in [-0.15, -0.1) is 0 Å². The number of rotatable bonds is 7. The first-order chi connectivity index (χ1) is 12.4. The normalized spacial score (nSPS) is 16.3. The lowest BCUT2D eigenvalue weighted by Gasteiger charge is -2.34. The average molecular weight is 363 g/mol. The van der Waals surface area contributed by atoms with Gasteiger partial charge in [0.05, 0.1) is 19.8 Å². The van der Waals surface area contributed by atoms with Crippen molar-refractivity contribution < 1.29 is 28.8 Å². The average Bonchev–Trinajstić information content (AvgIpc) is 2.61. The van der Waals surface area contributed by atoms with Gasteiger partial charge in [0.15, 0.2) is 0 Å². The number of hydrogen-bond acceptors (Lipinski definition) is 5. The Morgan fingerprint density at radius 3 is 2.19 bits per heavy atom. The van der Waals surface area contributed by atoms with E-state index in [2.05, 4.69) is 11.4 Å². The first kappa shape index (κ1) is 19.9. The van der Waals surface area contributed by atoms with Gasteiger partial charge in [0.1, 0.15) is 13.1 Å². The van der Waals surface area contributed by atoms with Crippen molar-refractivity contribution in [2.45, 2.75) is 39.3 Å². The van der Waals surface area contributed by atoms with E-state index in [-0.39, 0.29) is 19.8 Å². The second-order valence-corrected chi connectivity index (χ2v) is 6.40. The molecule has 1 unspecified atom stereocenters. The number of amides is 1. The summed E-state index contributed by atoms with van der Waals surface area (Å²) in [4.78, 5) is 38.2. The zero-order valence-electron chi connectivity index (χ0n) is 15.6. The van der Waals surface area contributed by atoms with Gasteiger partial charge in [-0.1, -0.05) is 24.3 Å². The molecule has 0 fully saturated rings. The number of fused-ring (bicyclic) bond motifs is 1. The van der Waals surface area contributed by atoms with Crippen LogP contribution in [0.5, 0.6) is 0 Å².